The summed E-state index contributed by atoms with van der Waals surface area (Å²) in [4.78, 5) is 70.5. The van der Waals surface area contributed by atoms with E-state index in [4.69, 9.17) is 19.7 Å². The average Bonchev–Trinajstić information content (AvgIpc) is 3.01. The predicted molar refractivity (Wildman–Crippen MR) is 172 cm³/mol. The molecule has 46 heavy (non-hydrogen) atoms. The van der Waals surface area contributed by atoms with E-state index in [0.717, 1.165) is 77.0 Å². The van der Waals surface area contributed by atoms with Crippen molar-refractivity contribution in [3.05, 3.63) is 0 Å². The Kier molecular flexibility index (Phi) is 26.6. The van der Waals surface area contributed by atoms with E-state index in [1.54, 1.807) is 0 Å². The van der Waals surface area contributed by atoms with E-state index in [0.29, 0.717) is 25.9 Å². The Bertz CT molecular complexity index is 817. The van der Waals surface area contributed by atoms with Crippen molar-refractivity contribution in [1.29, 1.82) is 0 Å². The number of hydrogen-bond donors (Lipinski definition) is 6. The Morgan fingerprint density at radius 3 is 1.15 bits per heavy atom. The van der Waals surface area contributed by atoms with Crippen LogP contribution in [-0.4, -0.2) is 84.5 Å². The Morgan fingerprint density at radius 2 is 0.848 bits per heavy atom. The summed E-state index contributed by atoms with van der Waals surface area (Å²) in [6, 6.07) is -3.02. The molecule has 0 unspecified atom stereocenters. The fourth-order valence-electron chi connectivity index (χ4n) is 4.36. The van der Waals surface area contributed by atoms with Gasteiger partial charge < -0.3 is 41.0 Å². The molecule has 6 N–H and O–H groups in total. The Balaban J connectivity index is 3.91. The van der Waals surface area contributed by atoms with Gasteiger partial charge in [-0.3, -0.25) is 9.59 Å². The van der Waals surface area contributed by atoms with Crippen molar-refractivity contribution < 1.29 is 48.5 Å². The van der Waals surface area contributed by atoms with Crippen LogP contribution in [0.3, 0.4) is 0 Å². The molecule has 0 saturated carbocycles. The number of urea groups is 2. The van der Waals surface area contributed by atoms with E-state index < -0.39 is 48.0 Å². The summed E-state index contributed by atoms with van der Waals surface area (Å²) in [5, 5.41) is 28.3. The maximum atomic E-state index is 12.2. The third kappa shape index (κ3) is 25.7. The number of amides is 4. The average molecular weight is 659 g/mol. The molecule has 0 aromatic rings. The zero-order valence-corrected chi connectivity index (χ0v) is 27.9. The van der Waals surface area contributed by atoms with Crippen molar-refractivity contribution in [2.45, 2.75) is 142 Å². The number of carboxylic acid groups (broad SMARTS) is 2. The van der Waals surface area contributed by atoms with Gasteiger partial charge in [0, 0.05) is 25.9 Å². The highest BCUT2D eigenvalue weighted by Crippen LogP contribution is 2.10. The second kappa shape index (κ2) is 28.9. The van der Waals surface area contributed by atoms with Crippen LogP contribution in [0.2, 0.25) is 0 Å². The second-order valence-corrected chi connectivity index (χ2v) is 11.3. The van der Waals surface area contributed by atoms with Crippen LogP contribution in [0.1, 0.15) is 129 Å². The van der Waals surface area contributed by atoms with Crippen LogP contribution in [0.5, 0.6) is 0 Å². The van der Waals surface area contributed by atoms with Gasteiger partial charge in [-0.25, -0.2) is 19.2 Å². The summed E-state index contributed by atoms with van der Waals surface area (Å²) < 4.78 is 10.3. The number of rotatable bonds is 29. The molecular weight excluding hydrogens is 600 g/mol. The topological polar surface area (TPSA) is 209 Å². The lowest BCUT2D eigenvalue weighted by molar-refractivity contribution is -0.147. The Labute approximate surface area is 273 Å². The highest BCUT2D eigenvalue weighted by Gasteiger charge is 2.24. The number of ether oxygens (including phenoxy) is 2. The zero-order chi connectivity index (χ0) is 34.4. The molecule has 0 aromatic carbocycles. The van der Waals surface area contributed by atoms with Crippen molar-refractivity contribution >= 4 is 35.9 Å². The molecule has 4 amide bonds. The number of esters is 2. The lowest BCUT2D eigenvalue weighted by Gasteiger charge is -2.17. The van der Waals surface area contributed by atoms with Crippen LogP contribution in [0.4, 0.5) is 9.59 Å². The van der Waals surface area contributed by atoms with Gasteiger partial charge in [-0.2, -0.15) is 0 Å². The zero-order valence-electron chi connectivity index (χ0n) is 27.9. The molecular formula is C32H58N4O10. The van der Waals surface area contributed by atoms with Gasteiger partial charge in [0.05, 0.1) is 13.2 Å². The molecule has 0 rings (SSSR count). The maximum Gasteiger partial charge on any atom is 0.328 e. The van der Waals surface area contributed by atoms with Crippen molar-refractivity contribution in [2.24, 2.45) is 0 Å². The fraction of sp³-hybridized carbons (Fsp3) is 0.812. The summed E-state index contributed by atoms with van der Waals surface area (Å²) in [5.41, 5.74) is 0. The third-order valence-electron chi connectivity index (χ3n) is 7.13. The van der Waals surface area contributed by atoms with Crippen LogP contribution in [0.15, 0.2) is 0 Å². The maximum absolute atomic E-state index is 12.2. The number of carbonyl (C=O) groups excluding carboxylic acids is 4. The van der Waals surface area contributed by atoms with Gasteiger partial charge in [-0.1, -0.05) is 78.1 Å². The van der Waals surface area contributed by atoms with Crippen molar-refractivity contribution in [3.63, 3.8) is 0 Å². The lowest BCUT2D eigenvalue weighted by atomic mass is 10.1. The summed E-state index contributed by atoms with van der Waals surface area (Å²) >= 11 is 0. The number of carbonyl (C=O) groups is 6. The molecule has 0 saturated heterocycles. The van der Waals surface area contributed by atoms with Crippen molar-refractivity contribution in [1.82, 2.24) is 21.3 Å². The third-order valence-corrected chi connectivity index (χ3v) is 7.13. The highest BCUT2D eigenvalue weighted by atomic mass is 16.5. The van der Waals surface area contributed by atoms with Gasteiger partial charge in [0.1, 0.15) is 12.1 Å². The summed E-state index contributed by atoms with van der Waals surface area (Å²) in [6.45, 7) is 5.31. The number of nitrogens with one attached hydrogen (secondary N) is 4. The van der Waals surface area contributed by atoms with Gasteiger partial charge in [0.15, 0.2) is 0 Å². The first kappa shape index (κ1) is 42.4. The highest BCUT2D eigenvalue weighted by molar-refractivity contribution is 5.84. The molecule has 0 bridgehead atoms. The minimum Gasteiger partial charge on any atom is -0.481 e. The minimum absolute atomic E-state index is 0.0294. The molecule has 0 aliphatic rings. The number of carboxylic acids is 2. The summed E-state index contributed by atoms with van der Waals surface area (Å²) in [6.07, 6.45) is 12.6. The summed E-state index contributed by atoms with van der Waals surface area (Å²) in [5.74, 6) is -3.33. The van der Waals surface area contributed by atoms with E-state index in [-0.39, 0.29) is 38.9 Å². The molecule has 14 heteroatoms. The molecule has 0 spiro atoms. The van der Waals surface area contributed by atoms with E-state index in [2.05, 4.69) is 21.3 Å². The minimum atomic E-state index is -1.05. The van der Waals surface area contributed by atoms with Crippen molar-refractivity contribution in [2.75, 3.05) is 26.3 Å². The Hall–Kier alpha value is -3.58. The van der Waals surface area contributed by atoms with Gasteiger partial charge in [0.25, 0.3) is 0 Å². The molecule has 0 aromatic heterocycles. The standard InChI is InChI=1S/C32H58N4O10/c1-3-5-23-45-29(41)25(17-19-27(37)38)35-31(43)33-21-15-13-11-9-7-8-10-12-14-16-22-34-32(44)36-26(18-20-28(39)40)30(42)46-24-6-4-2/h25-26H,3-24H2,1-2H3,(H,37,38)(H,39,40)(H2,33,35,43)(H2,34,36,44)/t25-,26-/m0/s1. The smallest absolute Gasteiger partial charge is 0.328 e. The Morgan fingerprint density at radius 1 is 0.522 bits per heavy atom. The second-order valence-electron chi connectivity index (χ2n) is 11.3. The molecule has 0 aliphatic heterocycles. The molecule has 0 radical (unpaired) electrons. The van der Waals surface area contributed by atoms with Gasteiger partial charge >= 0.3 is 35.9 Å². The molecule has 266 valence electrons. The van der Waals surface area contributed by atoms with Gasteiger partial charge in [-0.15, -0.1) is 0 Å². The summed E-state index contributed by atoms with van der Waals surface area (Å²) in [7, 11) is 0. The quantitative estimate of drug-likeness (QED) is 0.0484. The molecule has 0 heterocycles. The first-order chi connectivity index (χ1) is 22.1. The van der Waals surface area contributed by atoms with E-state index in [1.807, 2.05) is 13.8 Å². The fourth-order valence-corrected chi connectivity index (χ4v) is 4.36. The normalized spacial score (nSPS) is 12.0. The van der Waals surface area contributed by atoms with E-state index in [1.165, 1.54) is 0 Å². The number of hydrogen-bond acceptors (Lipinski definition) is 8. The number of unbranched alkanes of at least 4 members (excludes halogenated alkanes) is 11. The largest absolute Gasteiger partial charge is 0.481 e. The molecule has 0 aliphatic carbocycles. The van der Waals surface area contributed by atoms with Crippen molar-refractivity contribution in [3.8, 4) is 0 Å². The van der Waals surface area contributed by atoms with Gasteiger partial charge in [0.2, 0.25) is 0 Å². The van der Waals surface area contributed by atoms with Crippen LogP contribution < -0.4 is 21.3 Å². The SMILES string of the molecule is CCCCOC(=O)[C@H](CCC(=O)O)NC(=O)NCCCCCCCCCCCCNC(=O)N[C@@H](CCC(=O)O)C(=O)OCCCC. The van der Waals surface area contributed by atoms with Crippen LogP contribution >= 0.6 is 0 Å². The molecule has 2 atom stereocenters. The lowest BCUT2D eigenvalue weighted by Crippen LogP contribution is -2.47. The molecule has 0 fully saturated rings. The van der Waals surface area contributed by atoms with E-state index >= 15 is 0 Å². The number of aliphatic carboxylic acids is 2. The van der Waals surface area contributed by atoms with Crippen LogP contribution in [-0.2, 0) is 28.7 Å². The first-order valence-electron chi connectivity index (χ1n) is 17.0. The first-order valence-corrected chi connectivity index (χ1v) is 17.0. The van der Waals surface area contributed by atoms with Crippen LogP contribution in [0.25, 0.3) is 0 Å². The molecule has 14 nitrogen and oxygen atoms in total. The van der Waals surface area contributed by atoms with E-state index in [9.17, 15) is 28.8 Å². The van der Waals surface area contributed by atoms with Crippen LogP contribution in [0, 0.1) is 0 Å². The predicted octanol–water partition coefficient (Wildman–Crippen LogP) is 4.64. The van der Waals surface area contributed by atoms with Gasteiger partial charge in [-0.05, 0) is 38.5 Å². The monoisotopic (exact) mass is 658 g/mol.